The number of halogens is 1. The van der Waals surface area contributed by atoms with Gasteiger partial charge in [0.15, 0.2) is 5.76 Å². The van der Waals surface area contributed by atoms with E-state index in [0.29, 0.717) is 21.2 Å². The molecule has 1 aliphatic heterocycles. The molecule has 1 aliphatic rings. The second-order valence-corrected chi connectivity index (χ2v) is 5.96. The van der Waals surface area contributed by atoms with E-state index < -0.39 is 17.6 Å². The Morgan fingerprint density at radius 2 is 1.95 bits per heavy atom. The van der Waals surface area contributed by atoms with Crippen LogP contribution in [0.1, 0.15) is 10.4 Å². The van der Waals surface area contributed by atoms with Crippen molar-refractivity contribution in [2.45, 2.75) is 6.92 Å². The summed E-state index contributed by atoms with van der Waals surface area (Å²) in [5.41, 5.74) is 1.15. The molecular weight excluding hydrogens is 310 g/mol. The van der Waals surface area contributed by atoms with Gasteiger partial charge in [-0.3, -0.25) is 9.59 Å². The van der Waals surface area contributed by atoms with Crippen molar-refractivity contribution in [1.29, 1.82) is 0 Å². The lowest BCUT2D eigenvalue weighted by molar-refractivity contribution is -0.121. The zero-order valence-corrected chi connectivity index (χ0v) is 12.5. The van der Waals surface area contributed by atoms with Crippen LogP contribution in [0.3, 0.4) is 0 Å². The van der Waals surface area contributed by atoms with Crippen molar-refractivity contribution >= 4 is 46.0 Å². The highest BCUT2D eigenvalue weighted by atomic mass is 35.5. The van der Waals surface area contributed by atoms with E-state index in [1.807, 2.05) is 0 Å². The fraction of sp³-hybridized carbons (Fsp3) is 0.0667. The Labute approximate surface area is 129 Å². The summed E-state index contributed by atoms with van der Waals surface area (Å²) >= 11 is 7.18. The van der Waals surface area contributed by atoms with Crippen LogP contribution in [0.2, 0.25) is 5.02 Å². The number of hydrogen-bond donors (Lipinski definition) is 1. The van der Waals surface area contributed by atoms with Crippen molar-refractivity contribution in [3.05, 3.63) is 56.9 Å². The molecule has 2 heterocycles. The third-order valence-corrected chi connectivity index (χ3v) is 4.35. The molecule has 0 atom stereocenters. The molecule has 0 saturated heterocycles. The van der Waals surface area contributed by atoms with Crippen LogP contribution in [0.4, 0.5) is 5.69 Å². The van der Waals surface area contributed by atoms with Crippen molar-refractivity contribution < 1.29 is 14.7 Å². The van der Waals surface area contributed by atoms with Crippen molar-refractivity contribution in [3.63, 3.8) is 0 Å². The van der Waals surface area contributed by atoms with Gasteiger partial charge in [-0.25, -0.2) is 4.90 Å². The summed E-state index contributed by atoms with van der Waals surface area (Å²) < 4.78 is 0. The fourth-order valence-corrected chi connectivity index (χ4v) is 3.24. The zero-order valence-electron chi connectivity index (χ0n) is 11.0. The summed E-state index contributed by atoms with van der Waals surface area (Å²) in [4.78, 5) is 26.3. The summed E-state index contributed by atoms with van der Waals surface area (Å²) in [6.45, 7) is 1.75. The maximum Gasteiger partial charge on any atom is 0.301 e. The molecule has 0 unspecified atom stereocenters. The van der Waals surface area contributed by atoms with Gasteiger partial charge in [-0.1, -0.05) is 17.7 Å². The zero-order chi connectivity index (χ0) is 15.1. The monoisotopic (exact) mass is 319 g/mol. The fourth-order valence-electron chi connectivity index (χ4n) is 2.25. The second-order valence-electron chi connectivity index (χ2n) is 4.58. The van der Waals surface area contributed by atoms with Crippen molar-refractivity contribution in [1.82, 2.24) is 0 Å². The number of aryl methyl sites for hydroxylation is 1. The van der Waals surface area contributed by atoms with Gasteiger partial charge in [0.05, 0.1) is 5.69 Å². The molecule has 2 amide bonds. The molecule has 1 aromatic heterocycles. The van der Waals surface area contributed by atoms with E-state index in [-0.39, 0.29) is 5.57 Å². The van der Waals surface area contributed by atoms with Crippen molar-refractivity contribution in [2.75, 3.05) is 4.90 Å². The van der Waals surface area contributed by atoms with Crippen LogP contribution in [-0.4, -0.2) is 16.9 Å². The molecule has 0 saturated carbocycles. The first-order valence-electron chi connectivity index (χ1n) is 6.12. The molecule has 3 rings (SSSR count). The SMILES string of the molecule is Cc1cc(Cl)ccc1N1C(=O)C(O)=C(c2cccs2)C1=O. The van der Waals surface area contributed by atoms with E-state index in [2.05, 4.69) is 0 Å². The Kier molecular flexibility index (Phi) is 3.31. The molecule has 1 N–H and O–H groups in total. The Morgan fingerprint density at radius 1 is 1.19 bits per heavy atom. The highest BCUT2D eigenvalue weighted by Gasteiger charge is 2.41. The normalized spacial score (nSPS) is 15.2. The third kappa shape index (κ3) is 2.14. The average Bonchev–Trinajstić information content (AvgIpc) is 3.01. The highest BCUT2D eigenvalue weighted by Crippen LogP contribution is 2.35. The first-order chi connectivity index (χ1) is 10.0. The van der Waals surface area contributed by atoms with E-state index >= 15 is 0 Å². The number of imide groups is 1. The van der Waals surface area contributed by atoms with Crippen LogP contribution in [-0.2, 0) is 9.59 Å². The largest absolute Gasteiger partial charge is 0.502 e. The molecule has 4 nitrogen and oxygen atoms in total. The number of anilines is 1. The van der Waals surface area contributed by atoms with Crippen LogP contribution in [0.15, 0.2) is 41.5 Å². The van der Waals surface area contributed by atoms with Gasteiger partial charge in [-0.2, -0.15) is 0 Å². The Bertz CT molecular complexity index is 780. The first-order valence-corrected chi connectivity index (χ1v) is 7.38. The summed E-state index contributed by atoms with van der Waals surface area (Å²) in [5.74, 6) is -1.75. The van der Waals surface area contributed by atoms with Gasteiger partial charge in [0, 0.05) is 9.90 Å². The Hall–Kier alpha value is -2.11. The minimum atomic E-state index is -0.714. The number of nitrogens with zero attached hydrogens (tertiary/aromatic N) is 1. The van der Waals surface area contributed by atoms with Crippen LogP contribution in [0, 0.1) is 6.92 Å². The number of rotatable bonds is 2. The molecule has 0 aliphatic carbocycles. The van der Waals surface area contributed by atoms with Crippen LogP contribution >= 0.6 is 22.9 Å². The maximum absolute atomic E-state index is 12.5. The highest BCUT2D eigenvalue weighted by molar-refractivity contribution is 7.11. The number of amides is 2. The molecule has 2 aromatic rings. The minimum absolute atomic E-state index is 0.0457. The Balaban J connectivity index is 2.08. The topological polar surface area (TPSA) is 57.6 Å². The average molecular weight is 320 g/mol. The molecule has 106 valence electrons. The first kappa shape index (κ1) is 13.9. The predicted octanol–water partition coefficient (Wildman–Crippen LogP) is 3.55. The quantitative estimate of drug-likeness (QED) is 0.861. The number of benzene rings is 1. The third-order valence-electron chi connectivity index (χ3n) is 3.23. The summed E-state index contributed by atoms with van der Waals surface area (Å²) in [6.07, 6.45) is 0. The summed E-state index contributed by atoms with van der Waals surface area (Å²) in [6, 6.07) is 8.31. The van der Waals surface area contributed by atoms with Crippen molar-refractivity contribution in [2.24, 2.45) is 0 Å². The molecule has 0 bridgehead atoms. The number of aliphatic hydroxyl groups excluding tert-OH is 1. The van der Waals surface area contributed by atoms with Crippen LogP contribution < -0.4 is 4.90 Å². The van der Waals surface area contributed by atoms with Crippen molar-refractivity contribution in [3.8, 4) is 0 Å². The number of carbonyl (C=O) groups is 2. The van der Waals surface area contributed by atoms with Gasteiger partial charge in [-0.05, 0) is 42.1 Å². The number of carbonyl (C=O) groups excluding carboxylic acids is 2. The molecule has 0 radical (unpaired) electrons. The van der Waals surface area contributed by atoms with Gasteiger partial charge >= 0.3 is 5.91 Å². The standard InChI is InChI=1S/C15H10ClNO3S/c1-8-7-9(16)4-5-10(8)17-14(19)12(13(18)15(17)20)11-3-2-6-21-11/h2-7,18H,1H3. The lowest BCUT2D eigenvalue weighted by Gasteiger charge is -2.17. The van der Waals surface area contributed by atoms with E-state index in [4.69, 9.17) is 11.6 Å². The maximum atomic E-state index is 12.5. The predicted molar refractivity (Wildman–Crippen MR) is 82.5 cm³/mol. The molecule has 21 heavy (non-hydrogen) atoms. The van der Waals surface area contributed by atoms with E-state index in [0.717, 1.165) is 4.90 Å². The van der Waals surface area contributed by atoms with Gasteiger partial charge < -0.3 is 5.11 Å². The minimum Gasteiger partial charge on any atom is -0.502 e. The number of thiophene rings is 1. The molecule has 0 fully saturated rings. The molecule has 1 aromatic carbocycles. The van der Waals surface area contributed by atoms with Crippen LogP contribution in [0.25, 0.3) is 5.57 Å². The van der Waals surface area contributed by atoms with Gasteiger partial charge in [-0.15, -0.1) is 11.3 Å². The second kappa shape index (κ2) is 5.02. The van der Waals surface area contributed by atoms with Gasteiger partial charge in [0.25, 0.3) is 5.91 Å². The van der Waals surface area contributed by atoms with Crippen LogP contribution in [0.5, 0.6) is 0 Å². The molecule has 0 spiro atoms. The van der Waals surface area contributed by atoms with E-state index in [9.17, 15) is 14.7 Å². The lowest BCUT2D eigenvalue weighted by Crippen LogP contribution is -2.32. The van der Waals surface area contributed by atoms with E-state index in [1.54, 1.807) is 42.6 Å². The number of aliphatic hydroxyl groups is 1. The summed E-state index contributed by atoms with van der Waals surface area (Å²) in [7, 11) is 0. The van der Waals surface area contributed by atoms with E-state index in [1.165, 1.54) is 11.3 Å². The smallest absolute Gasteiger partial charge is 0.301 e. The number of hydrogen-bond acceptors (Lipinski definition) is 4. The Morgan fingerprint density at radius 3 is 2.57 bits per heavy atom. The lowest BCUT2D eigenvalue weighted by atomic mass is 10.1. The molecule has 6 heteroatoms. The summed E-state index contributed by atoms with van der Waals surface area (Å²) in [5, 5.41) is 12.3. The van der Waals surface area contributed by atoms with Gasteiger partial charge in [0.2, 0.25) is 0 Å². The van der Waals surface area contributed by atoms with Gasteiger partial charge in [0.1, 0.15) is 5.57 Å². The molecular formula is C15H10ClNO3S.